The Morgan fingerprint density at radius 1 is 1.47 bits per heavy atom. The topological polar surface area (TPSA) is 63.4 Å². The molecule has 1 unspecified atom stereocenters. The molecule has 0 amide bonds. The number of rotatable bonds is 3. The van der Waals surface area contributed by atoms with Crippen molar-refractivity contribution in [3.8, 4) is 0 Å². The average molecular weight is 250 g/mol. The van der Waals surface area contributed by atoms with Gasteiger partial charge in [0, 0.05) is 6.54 Å². The third-order valence-corrected chi connectivity index (χ3v) is 5.26. The molecule has 1 rings (SSSR count). The molecule has 0 aromatic carbocycles. The van der Waals surface area contributed by atoms with Crippen molar-refractivity contribution in [3.05, 3.63) is 0 Å². The minimum absolute atomic E-state index is 0.277. The molecule has 1 aliphatic heterocycles. The minimum atomic E-state index is -3.23. The first-order valence-electron chi connectivity index (χ1n) is 5.17. The summed E-state index contributed by atoms with van der Waals surface area (Å²) < 4.78 is 25.5. The standard InChI is InChI=1S/C9H18N2O2S2/c1-7(2)15(12,13)11-6-4-3-5-8(11)9(10)14/h7-8H,3-6H2,1-2H3,(H2,10,14). The van der Waals surface area contributed by atoms with Crippen LogP contribution in [0.3, 0.4) is 0 Å². The van der Waals surface area contributed by atoms with Crippen LogP contribution < -0.4 is 5.73 Å². The van der Waals surface area contributed by atoms with Gasteiger partial charge in [0.25, 0.3) is 0 Å². The van der Waals surface area contributed by atoms with E-state index < -0.39 is 15.3 Å². The first-order valence-corrected chi connectivity index (χ1v) is 7.08. The molecule has 15 heavy (non-hydrogen) atoms. The van der Waals surface area contributed by atoms with Crippen molar-refractivity contribution in [2.24, 2.45) is 5.73 Å². The van der Waals surface area contributed by atoms with Crippen LogP contribution in [0.2, 0.25) is 0 Å². The lowest BCUT2D eigenvalue weighted by Gasteiger charge is -2.35. The van der Waals surface area contributed by atoms with Gasteiger partial charge in [0.1, 0.15) is 0 Å². The molecule has 1 aliphatic rings. The predicted octanol–water partition coefficient (Wildman–Crippen LogP) is 0.865. The molecular formula is C9H18N2O2S2. The van der Waals surface area contributed by atoms with E-state index in [-0.39, 0.29) is 6.04 Å². The molecule has 1 heterocycles. The average Bonchev–Trinajstić information content (AvgIpc) is 2.17. The molecule has 1 fully saturated rings. The molecule has 88 valence electrons. The monoisotopic (exact) mass is 250 g/mol. The van der Waals surface area contributed by atoms with Gasteiger partial charge in [0.05, 0.1) is 16.3 Å². The van der Waals surface area contributed by atoms with Crippen molar-refractivity contribution in [2.75, 3.05) is 6.54 Å². The lowest BCUT2D eigenvalue weighted by molar-refractivity contribution is 0.304. The molecule has 0 radical (unpaired) electrons. The van der Waals surface area contributed by atoms with Crippen molar-refractivity contribution in [2.45, 2.75) is 44.4 Å². The SMILES string of the molecule is CC(C)S(=O)(=O)N1CCCCC1C(N)=S. The van der Waals surface area contributed by atoms with Gasteiger partial charge in [-0.15, -0.1) is 0 Å². The minimum Gasteiger partial charge on any atom is -0.392 e. The van der Waals surface area contributed by atoms with E-state index in [1.165, 1.54) is 4.31 Å². The number of hydrogen-bond donors (Lipinski definition) is 1. The summed E-state index contributed by atoms with van der Waals surface area (Å²) in [5.41, 5.74) is 5.58. The molecule has 1 atom stereocenters. The highest BCUT2D eigenvalue weighted by molar-refractivity contribution is 7.89. The number of nitrogens with two attached hydrogens (primary N) is 1. The highest BCUT2D eigenvalue weighted by Crippen LogP contribution is 2.22. The van der Waals surface area contributed by atoms with Crippen LogP contribution >= 0.6 is 12.2 Å². The van der Waals surface area contributed by atoms with Crippen LogP contribution in [-0.4, -0.2) is 35.5 Å². The Kier molecular flexibility index (Phi) is 4.08. The molecule has 0 bridgehead atoms. The highest BCUT2D eigenvalue weighted by atomic mass is 32.2. The zero-order valence-electron chi connectivity index (χ0n) is 9.14. The van der Waals surface area contributed by atoms with E-state index in [2.05, 4.69) is 0 Å². The molecule has 2 N–H and O–H groups in total. The number of hydrogen-bond acceptors (Lipinski definition) is 3. The van der Waals surface area contributed by atoms with Crippen molar-refractivity contribution >= 4 is 27.2 Å². The maximum Gasteiger partial charge on any atom is 0.217 e. The van der Waals surface area contributed by atoms with Gasteiger partial charge in [-0.2, -0.15) is 4.31 Å². The van der Waals surface area contributed by atoms with Gasteiger partial charge in [-0.1, -0.05) is 18.6 Å². The van der Waals surface area contributed by atoms with Crippen LogP contribution in [0.4, 0.5) is 0 Å². The number of nitrogens with zero attached hydrogens (tertiary/aromatic N) is 1. The number of thiocarbonyl (C=S) groups is 1. The van der Waals surface area contributed by atoms with Gasteiger partial charge in [-0.3, -0.25) is 0 Å². The number of sulfonamides is 1. The summed E-state index contributed by atoms with van der Waals surface area (Å²) in [7, 11) is -3.23. The third-order valence-electron chi connectivity index (χ3n) is 2.70. The lowest BCUT2D eigenvalue weighted by atomic mass is 10.1. The Morgan fingerprint density at radius 2 is 2.07 bits per heavy atom. The first kappa shape index (κ1) is 12.9. The van der Waals surface area contributed by atoms with Crippen LogP contribution in [0.5, 0.6) is 0 Å². The summed E-state index contributed by atoms with van der Waals surface area (Å²) >= 11 is 4.92. The van der Waals surface area contributed by atoms with Gasteiger partial charge in [0.2, 0.25) is 10.0 Å². The third kappa shape index (κ3) is 2.68. The Hall–Kier alpha value is -0.200. The van der Waals surface area contributed by atoms with Crippen LogP contribution in [0.25, 0.3) is 0 Å². The summed E-state index contributed by atoms with van der Waals surface area (Å²) in [4.78, 5) is 0.291. The summed E-state index contributed by atoms with van der Waals surface area (Å²) in [5, 5.41) is -0.410. The summed E-state index contributed by atoms with van der Waals surface area (Å²) in [6.45, 7) is 3.91. The fourth-order valence-corrected chi connectivity index (χ4v) is 3.58. The maximum atomic E-state index is 12.0. The fraction of sp³-hybridized carbons (Fsp3) is 0.889. The molecular weight excluding hydrogens is 232 g/mol. The van der Waals surface area contributed by atoms with Crippen LogP contribution in [0, 0.1) is 0 Å². The summed E-state index contributed by atoms with van der Waals surface area (Å²) in [5.74, 6) is 0. The molecule has 0 spiro atoms. The van der Waals surface area contributed by atoms with Crippen LogP contribution in [-0.2, 0) is 10.0 Å². The zero-order chi connectivity index (χ0) is 11.6. The van der Waals surface area contributed by atoms with Gasteiger partial charge < -0.3 is 5.73 Å². The molecule has 1 saturated heterocycles. The molecule has 4 nitrogen and oxygen atoms in total. The second-order valence-electron chi connectivity index (χ2n) is 4.12. The smallest absolute Gasteiger partial charge is 0.217 e. The van der Waals surface area contributed by atoms with Crippen LogP contribution in [0.1, 0.15) is 33.1 Å². The Balaban J connectivity index is 2.95. The quantitative estimate of drug-likeness (QED) is 0.755. The van der Waals surface area contributed by atoms with Crippen molar-refractivity contribution in [1.29, 1.82) is 0 Å². The van der Waals surface area contributed by atoms with E-state index in [0.717, 1.165) is 19.3 Å². The molecule has 0 aliphatic carbocycles. The molecule has 0 saturated carbocycles. The lowest BCUT2D eigenvalue weighted by Crippen LogP contribution is -2.51. The predicted molar refractivity (Wildman–Crippen MR) is 65.2 cm³/mol. The summed E-state index contributed by atoms with van der Waals surface area (Å²) in [6, 6.07) is -0.277. The van der Waals surface area contributed by atoms with Crippen LogP contribution in [0.15, 0.2) is 0 Å². The van der Waals surface area contributed by atoms with Crippen molar-refractivity contribution in [1.82, 2.24) is 4.31 Å². The normalized spacial score (nSPS) is 24.3. The Bertz CT molecular complexity index is 338. The van der Waals surface area contributed by atoms with Gasteiger partial charge >= 0.3 is 0 Å². The van der Waals surface area contributed by atoms with E-state index in [4.69, 9.17) is 18.0 Å². The summed E-state index contributed by atoms with van der Waals surface area (Å²) in [6.07, 6.45) is 2.64. The van der Waals surface area contributed by atoms with E-state index in [9.17, 15) is 8.42 Å². The van der Waals surface area contributed by atoms with Gasteiger partial charge in [0.15, 0.2) is 0 Å². The highest BCUT2D eigenvalue weighted by Gasteiger charge is 2.35. The second-order valence-corrected chi connectivity index (χ2v) is 7.03. The Labute approximate surface area is 96.9 Å². The van der Waals surface area contributed by atoms with E-state index in [1.807, 2.05) is 0 Å². The first-order chi connectivity index (χ1) is 6.87. The fourth-order valence-electron chi connectivity index (χ4n) is 1.76. The number of piperidine rings is 1. The second kappa shape index (κ2) is 4.76. The van der Waals surface area contributed by atoms with Crippen molar-refractivity contribution in [3.63, 3.8) is 0 Å². The van der Waals surface area contributed by atoms with Crippen molar-refractivity contribution < 1.29 is 8.42 Å². The largest absolute Gasteiger partial charge is 0.392 e. The zero-order valence-corrected chi connectivity index (χ0v) is 10.8. The molecule has 6 heteroatoms. The van der Waals surface area contributed by atoms with E-state index in [0.29, 0.717) is 11.5 Å². The van der Waals surface area contributed by atoms with E-state index >= 15 is 0 Å². The van der Waals surface area contributed by atoms with E-state index in [1.54, 1.807) is 13.8 Å². The molecule has 0 aromatic heterocycles. The molecule has 0 aromatic rings. The van der Waals surface area contributed by atoms with Gasteiger partial charge in [-0.05, 0) is 26.7 Å². The Morgan fingerprint density at radius 3 is 2.53 bits per heavy atom. The van der Waals surface area contributed by atoms with Gasteiger partial charge in [-0.25, -0.2) is 8.42 Å². The maximum absolute atomic E-state index is 12.0.